The normalized spacial score (nSPS) is 11.7. The molecule has 2 rings (SSSR count). The number of aromatic amines is 1. The number of amides is 1. The molecule has 0 atom stereocenters. The summed E-state index contributed by atoms with van der Waals surface area (Å²) >= 11 is 4.88. The molecule has 11 nitrogen and oxygen atoms in total. The second-order valence-corrected chi connectivity index (χ2v) is 6.21. The van der Waals surface area contributed by atoms with Crippen molar-refractivity contribution < 1.29 is 27.0 Å². The van der Waals surface area contributed by atoms with Crippen LogP contribution < -0.4 is 9.46 Å². The summed E-state index contributed by atoms with van der Waals surface area (Å²) in [7, 11) is -2.19. The molecule has 0 aliphatic carbocycles. The fraction of sp³-hybridized carbons (Fsp3) is 0.154. The Hall–Kier alpha value is -2.90. The Morgan fingerprint density at radius 3 is 2.65 bits per heavy atom. The first-order valence-corrected chi connectivity index (χ1v) is 8.60. The minimum absolute atomic E-state index is 0.0131. The number of carbonyl (C=O) groups is 1. The van der Waals surface area contributed by atoms with Gasteiger partial charge in [-0.3, -0.25) is 14.0 Å². The van der Waals surface area contributed by atoms with Crippen LogP contribution in [0.2, 0.25) is 0 Å². The second-order valence-electron chi connectivity index (χ2n) is 4.38. The molecule has 0 fully saturated rings. The Morgan fingerprint density at radius 1 is 1.27 bits per heavy atom. The van der Waals surface area contributed by atoms with Gasteiger partial charge in [-0.05, 0) is 24.4 Å². The summed E-state index contributed by atoms with van der Waals surface area (Å²) in [5, 5.41) is 3.57. The quantitative estimate of drug-likeness (QED) is 0.390. The van der Waals surface area contributed by atoms with E-state index >= 15 is 0 Å². The minimum Gasteiger partial charge on any atom is -0.425 e. The number of hydrogen-bond donors (Lipinski definition) is 2. The highest BCUT2D eigenvalue weighted by atomic mass is 32.2. The van der Waals surface area contributed by atoms with Crippen LogP contribution in [0.5, 0.6) is 11.8 Å². The lowest BCUT2D eigenvalue weighted by Gasteiger charge is -2.11. The van der Waals surface area contributed by atoms with E-state index in [1.54, 1.807) is 16.9 Å². The number of oxime groups is 1. The van der Waals surface area contributed by atoms with Crippen LogP contribution in [0.4, 0.5) is 0 Å². The third kappa shape index (κ3) is 5.05. The van der Waals surface area contributed by atoms with E-state index < -0.39 is 16.2 Å². The van der Waals surface area contributed by atoms with Crippen LogP contribution >= 0.6 is 12.2 Å². The molecule has 0 saturated heterocycles. The number of nitrogens with one attached hydrogen (secondary N) is 2. The molecule has 1 aromatic carbocycles. The zero-order valence-corrected chi connectivity index (χ0v) is 15.1. The van der Waals surface area contributed by atoms with Crippen molar-refractivity contribution in [3.8, 4) is 11.8 Å². The van der Waals surface area contributed by atoms with Crippen molar-refractivity contribution in [3.63, 3.8) is 0 Å². The Balaban J connectivity index is 2.42. The molecule has 0 spiro atoms. The van der Waals surface area contributed by atoms with Gasteiger partial charge in [-0.25, -0.2) is 9.71 Å². The molecule has 0 saturated carbocycles. The monoisotopic (exact) mass is 399 g/mol. The van der Waals surface area contributed by atoms with E-state index in [2.05, 4.69) is 29.1 Å². The molecule has 0 aliphatic rings. The molecule has 26 heavy (non-hydrogen) atoms. The Kier molecular flexibility index (Phi) is 6.32. The van der Waals surface area contributed by atoms with Gasteiger partial charge in [0, 0.05) is 0 Å². The van der Waals surface area contributed by atoms with Crippen molar-refractivity contribution in [2.75, 3.05) is 14.2 Å². The van der Waals surface area contributed by atoms with E-state index in [0.717, 1.165) is 7.11 Å². The van der Waals surface area contributed by atoms with Crippen LogP contribution in [0, 0.1) is 4.77 Å². The maximum Gasteiger partial charge on any atom is 0.362 e. The fourth-order valence-corrected chi connectivity index (χ4v) is 2.25. The van der Waals surface area contributed by atoms with Crippen molar-refractivity contribution in [2.45, 2.75) is 0 Å². The molecular formula is C13H13N5O6S2. The molecule has 0 radical (unpaired) electrons. The highest BCUT2D eigenvalue weighted by Crippen LogP contribution is 2.23. The Labute approximate surface area is 153 Å². The third-order valence-electron chi connectivity index (χ3n) is 2.75. The highest BCUT2D eigenvalue weighted by Gasteiger charge is 2.24. The number of rotatable bonds is 7. The van der Waals surface area contributed by atoms with E-state index in [9.17, 15) is 13.2 Å². The van der Waals surface area contributed by atoms with Gasteiger partial charge in [0.1, 0.15) is 19.2 Å². The lowest BCUT2D eigenvalue weighted by atomic mass is 10.1. The Morgan fingerprint density at radius 2 is 2.00 bits per heavy atom. The summed E-state index contributed by atoms with van der Waals surface area (Å²) < 4.78 is 34.5. The SMILES string of the molecule is CO/N=C(/C(=O)NS(=O)(=O)OC)c1ccccc1Oc1ncnc(=S)[nH]1. The van der Waals surface area contributed by atoms with Crippen molar-refractivity contribution in [2.24, 2.45) is 5.16 Å². The van der Waals surface area contributed by atoms with Gasteiger partial charge in [-0.2, -0.15) is 13.4 Å². The van der Waals surface area contributed by atoms with Gasteiger partial charge in [0.25, 0.3) is 5.91 Å². The van der Waals surface area contributed by atoms with Gasteiger partial charge in [-0.15, -0.1) is 0 Å². The van der Waals surface area contributed by atoms with Crippen molar-refractivity contribution >= 4 is 34.1 Å². The lowest BCUT2D eigenvalue weighted by molar-refractivity contribution is -0.113. The number of aromatic nitrogens is 3. The first-order chi connectivity index (χ1) is 12.4. The minimum atomic E-state index is -4.28. The smallest absolute Gasteiger partial charge is 0.362 e. The molecule has 0 unspecified atom stereocenters. The summed E-state index contributed by atoms with van der Waals surface area (Å²) in [5.41, 5.74) is -0.229. The molecule has 0 aliphatic heterocycles. The maximum absolute atomic E-state index is 12.3. The average molecular weight is 399 g/mol. The van der Waals surface area contributed by atoms with Crippen molar-refractivity contribution in [1.82, 2.24) is 19.7 Å². The van der Waals surface area contributed by atoms with E-state index in [1.165, 1.54) is 25.6 Å². The van der Waals surface area contributed by atoms with Crippen LogP contribution in [-0.2, 0) is 24.1 Å². The summed E-state index contributed by atoms with van der Waals surface area (Å²) in [6, 6.07) is 6.22. The number of nitrogens with zero attached hydrogens (tertiary/aromatic N) is 3. The van der Waals surface area contributed by atoms with Gasteiger partial charge in [0.05, 0.1) is 12.7 Å². The van der Waals surface area contributed by atoms with Crippen LogP contribution in [-0.4, -0.2) is 49.2 Å². The molecule has 1 amide bonds. The van der Waals surface area contributed by atoms with E-state index in [0.29, 0.717) is 0 Å². The second kappa shape index (κ2) is 8.46. The number of ether oxygens (including phenoxy) is 1. The van der Waals surface area contributed by atoms with Crippen molar-refractivity contribution in [1.29, 1.82) is 0 Å². The van der Waals surface area contributed by atoms with Gasteiger partial charge >= 0.3 is 16.3 Å². The number of carbonyl (C=O) groups excluding carboxylic acids is 1. The maximum atomic E-state index is 12.3. The van der Waals surface area contributed by atoms with Crippen molar-refractivity contribution in [3.05, 3.63) is 40.9 Å². The summed E-state index contributed by atoms with van der Waals surface area (Å²) in [6.45, 7) is 0. The number of hydrogen-bond acceptors (Lipinski definition) is 10. The molecule has 2 N–H and O–H groups in total. The van der Waals surface area contributed by atoms with Gasteiger partial charge in [0.2, 0.25) is 4.77 Å². The average Bonchev–Trinajstić information content (AvgIpc) is 2.60. The van der Waals surface area contributed by atoms with Crippen LogP contribution in [0.1, 0.15) is 5.56 Å². The highest BCUT2D eigenvalue weighted by molar-refractivity contribution is 7.85. The van der Waals surface area contributed by atoms with Crippen LogP contribution in [0.3, 0.4) is 0 Å². The molecular weight excluding hydrogens is 386 g/mol. The summed E-state index contributed by atoms with van der Waals surface area (Å²) in [5.74, 6) is -0.946. The predicted octanol–water partition coefficient (Wildman–Crippen LogP) is 0.684. The Bertz CT molecular complexity index is 988. The van der Waals surface area contributed by atoms with Crippen LogP contribution in [0.25, 0.3) is 0 Å². The van der Waals surface area contributed by atoms with E-state index in [-0.39, 0.29) is 27.8 Å². The van der Waals surface area contributed by atoms with E-state index in [4.69, 9.17) is 17.0 Å². The van der Waals surface area contributed by atoms with Gasteiger partial charge in [0.15, 0.2) is 5.71 Å². The first-order valence-electron chi connectivity index (χ1n) is 6.78. The number of para-hydroxylation sites is 1. The molecule has 2 aromatic rings. The molecule has 138 valence electrons. The first kappa shape index (κ1) is 19.4. The lowest BCUT2D eigenvalue weighted by Crippen LogP contribution is -2.37. The molecule has 1 heterocycles. The topological polar surface area (TPSA) is 145 Å². The third-order valence-corrected chi connectivity index (χ3v) is 3.83. The van der Waals surface area contributed by atoms with E-state index in [1.807, 2.05) is 0 Å². The molecule has 1 aromatic heterocycles. The fourth-order valence-electron chi connectivity index (χ4n) is 1.70. The summed E-state index contributed by atoms with van der Waals surface area (Å²) in [6.07, 6.45) is 1.19. The largest absolute Gasteiger partial charge is 0.425 e. The molecule has 0 bridgehead atoms. The van der Waals surface area contributed by atoms with Crippen LogP contribution in [0.15, 0.2) is 35.7 Å². The summed E-state index contributed by atoms with van der Waals surface area (Å²) in [4.78, 5) is 27.1. The number of benzene rings is 1. The standard InChI is InChI=1S/C13H13N5O6S2/c1-22-17-10(11(19)18-26(20,21)23-2)8-5-3-4-6-9(8)24-12-14-7-15-13(25)16-12/h3-7H,1-2H3,(H,18,19)(H,14,15,16,25)/b17-10+. The zero-order chi connectivity index (χ0) is 19.2. The number of H-pyrrole nitrogens is 1. The van der Waals surface area contributed by atoms with Gasteiger partial charge < -0.3 is 9.57 Å². The predicted molar refractivity (Wildman–Crippen MR) is 91.4 cm³/mol. The zero-order valence-electron chi connectivity index (χ0n) is 13.5. The van der Waals surface area contributed by atoms with Gasteiger partial charge in [-0.1, -0.05) is 17.3 Å². The molecule has 13 heteroatoms.